The van der Waals surface area contributed by atoms with E-state index in [-0.39, 0.29) is 29.2 Å². The van der Waals surface area contributed by atoms with Crippen molar-refractivity contribution in [2.45, 2.75) is 18.7 Å². The maximum absolute atomic E-state index is 12.5. The number of hydrogen-bond acceptors (Lipinski definition) is 6. The highest BCUT2D eigenvalue weighted by atomic mass is 32.2. The Hall–Kier alpha value is -2.15. The Kier molecular flexibility index (Phi) is 6.30. The predicted octanol–water partition coefficient (Wildman–Crippen LogP) is 1.76. The lowest BCUT2D eigenvalue weighted by molar-refractivity contribution is -0.138. The molecule has 0 heterocycles. The first-order valence-corrected chi connectivity index (χ1v) is 8.54. The number of esters is 1. The van der Waals surface area contributed by atoms with E-state index in [1.807, 2.05) is 0 Å². The van der Waals surface area contributed by atoms with Gasteiger partial charge in [-0.15, -0.1) is 0 Å². The zero-order valence-electron chi connectivity index (χ0n) is 12.7. The molecular formula is C15H18O6S. The first kappa shape index (κ1) is 17.9. The lowest BCUT2D eigenvalue weighted by Crippen LogP contribution is -2.19. The number of carbonyl (C=O) groups excluding carboxylic acids is 2. The zero-order chi connectivity index (χ0) is 16.8. The van der Waals surface area contributed by atoms with Crippen molar-refractivity contribution in [1.29, 1.82) is 0 Å². The molecule has 1 rings (SSSR count). The Morgan fingerprint density at radius 2 is 1.77 bits per heavy atom. The average Bonchev–Trinajstić information content (AvgIpc) is 2.47. The van der Waals surface area contributed by atoms with Gasteiger partial charge in [-0.25, -0.2) is 13.2 Å². The smallest absolute Gasteiger partial charge is 0.345 e. The highest BCUT2D eigenvalue weighted by molar-refractivity contribution is 7.90. The fourth-order valence-corrected chi connectivity index (χ4v) is 2.58. The molecule has 22 heavy (non-hydrogen) atoms. The van der Waals surface area contributed by atoms with Crippen molar-refractivity contribution in [3.8, 4) is 0 Å². The summed E-state index contributed by atoms with van der Waals surface area (Å²) in [7, 11) is -3.61. The van der Waals surface area contributed by atoms with Crippen LogP contribution < -0.4 is 0 Å². The van der Waals surface area contributed by atoms with Crippen molar-refractivity contribution < 1.29 is 27.5 Å². The third-order valence-electron chi connectivity index (χ3n) is 2.64. The summed E-state index contributed by atoms with van der Waals surface area (Å²) in [5.74, 6) is -1.61. The largest absolute Gasteiger partial charge is 0.500 e. The Balaban J connectivity index is 3.35. The fraction of sp³-hybridized carbons (Fsp3) is 0.333. The maximum Gasteiger partial charge on any atom is 0.345 e. The molecular weight excluding hydrogens is 308 g/mol. The van der Waals surface area contributed by atoms with Crippen molar-refractivity contribution in [2.24, 2.45) is 0 Å². The molecule has 0 aromatic heterocycles. The average molecular weight is 326 g/mol. The van der Waals surface area contributed by atoms with Crippen LogP contribution in [0.2, 0.25) is 0 Å². The molecule has 0 N–H and O–H groups in total. The Morgan fingerprint density at radius 3 is 2.32 bits per heavy atom. The third kappa shape index (κ3) is 4.42. The number of rotatable bonds is 7. The molecule has 0 fully saturated rings. The quantitative estimate of drug-likeness (QED) is 0.189. The molecule has 0 aliphatic rings. The summed E-state index contributed by atoms with van der Waals surface area (Å²) in [6, 6.07) is 5.68. The van der Waals surface area contributed by atoms with Gasteiger partial charge in [0.1, 0.15) is 11.8 Å². The topological polar surface area (TPSA) is 86.7 Å². The molecule has 120 valence electrons. The van der Waals surface area contributed by atoms with E-state index < -0.39 is 21.6 Å². The minimum atomic E-state index is -3.61. The van der Waals surface area contributed by atoms with Gasteiger partial charge >= 0.3 is 5.97 Å². The van der Waals surface area contributed by atoms with E-state index >= 15 is 0 Å². The lowest BCUT2D eigenvalue weighted by Gasteiger charge is -2.09. The van der Waals surface area contributed by atoms with E-state index in [4.69, 9.17) is 9.47 Å². The second-order valence-corrected chi connectivity index (χ2v) is 6.29. The van der Waals surface area contributed by atoms with Crippen LogP contribution in [0.5, 0.6) is 0 Å². The van der Waals surface area contributed by atoms with Gasteiger partial charge in [0.15, 0.2) is 9.84 Å². The molecule has 1 aromatic rings. The minimum Gasteiger partial charge on any atom is -0.500 e. The van der Waals surface area contributed by atoms with E-state index in [0.717, 1.165) is 12.5 Å². The fourth-order valence-electron chi connectivity index (χ4n) is 1.69. The minimum absolute atomic E-state index is 0.0866. The summed E-state index contributed by atoms with van der Waals surface area (Å²) in [6.07, 6.45) is 1.99. The summed E-state index contributed by atoms with van der Waals surface area (Å²) in [4.78, 5) is 24.3. The zero-order valence-corrected chi connectivity index (χ0v) is 13.5. The van der Waals surface area contributed by atoms with Crippen LogP contribution in [0.25, 0.3) is 0 Å². The highest BCUT2D eigenvalue weighted by Crippen LogP contribution is 2.19. The van der Waals surface area contributed by atoms with Crippen LogP contribution in [0, 0.1) is 0 Å². The van der Waals surface area contributed by atoms with Crippen LogP contribution in [0.15, 0.2) is 41.0 Å². The second kappa shape index (κ2) is 7.74. The third-order valence-corrected chi connectivity index (χ3v) is 3.79. The van der Waals surface area contributed by atoms with Gasteiger partial charge in [0, 0.05) is 11.8 Å². The summed E-state index contributed by atoms with van der Waals surface area (Å²) >= 11 is 0. The van der Waals surface area contributed by atoms with E-state index in [1.165, 1.54) is 24.3 Å². The molecule has 1 aromatic carbocycles. The van der Waals surface area contributed by atoms with Crippen LogP contribution in [-0.4, -0.2) is 39.6 Å². The van der Waals surface area contributed by atoms with Gasteiger partial charge in [0.25, 0.3) is 0 Å². The van der Waals surface area contributed by atoms with Gasteiger partial charge in [-0.2, -0.15) is 0 Å². The van der Waals surface area contributed by atoms with Crippen LogP contribution in [0.1, 0.15) is 24.2 Å². The molecule has 0 aliphatic heterocycles. The monoisotopic (exact) mass is 326 g/mol. The Labute approximate surface area is 129 Å². The van der Waals surface area contributed by atoms with Crippen molar-refractivity contribution in [1.82, 2.24) is 0 Å². The number of benzene rings is 1. The van der Waals surface area contributed by atoms with Gasteiger partial charge in [-0.1, -0.05) is 12.1 Å². The standard InChI is InChI=1S/C15H18O6S/c1-4-20-10-12(15(17)21-5-2)14(16)11-8-6-7-9-13(11)22(3,18)19/h6-10H,4-5H2,1-3H3. The van der Waals surface area contributed by atoms with Crippen LogP contribution >= 0.6 is 0 Å². The molecule has 0 radical (unpaired) electrons. The van der Waals surface area contributed by atoms with Gasteiger partial charge in [0.05, 0.1) is 18.1 Å². The van der Waals surface area contributed by atoms with E-state index in [2.05, 4.69) is 0 Å². The number of Topliss-reactive ketones (excluding diaryl/α,β-unsaturated/α-hetero) is 1. The summed E-state index contributed by atoms with van der Waals surface area (Å²) in [5.41, 5.74) is -0.441. The lowest BCUT2D eigenvalue weighted by atomic mass is 10.0. The number of ether oxygens (including phenoxy) is 2. The SMILES string of the molecule is CCOC=C(C(=O)OCC)C(=O)c1ccccc1S(C)(=O)=O. The van der Waals surface area contributed by atoms with Crippen molar-refractivity contribution in [3.63, 3.8) is 0 Å². The summed E-state index contributed by atoms with van der Waals surface area (Å²) in [6.45, 7) is 3.63. The second-order valence-electron chi connectivity index (χ2n) is 4.30. The Morgan fingerprint density at radius 1 is 1.14 bits per heavy atom. The van der Waals surface area contributed by atoms with E-state index in [1.54, 1.807) is 13.8 Å². The molecule has 6 nitrogen and oxygen atoms in total. The van der Waals surface area contributed by atoms with Gasteiger partial charge in [0.2, 0.25) is 5.78 Å². The molecule has 0 saturated carbocycles. The van der Waals surface area contributed by atoms with Crippen LogP contribution in [0.4, 0.5) is 0 Å². The molecule has 0 unspecified atom stereocenters. The van der Waals surface area contributed by atoms with Crippen molar-refractivity contribution >= 4 is 21.6 Å². The van der Waals surface area contributed by atoms with Crippen LogP contribution in [0.3, 0.4) is 0 Å². The van der Waals surface area contributed by atoms with Gasteiger partial charge < -0.3 is 9.47 Å². The van der Waals surface area contributed by atoms with E-state index in [0.29, 0.717) is 0 Å². The number of sulfone groups is 1. The number of ketones is 1. The molecule has 0 saturated heterocycles. The summed E-state index contributed by atoms with van der Waals surface area (Å²) in [5, 5.41) is 0. The first-order chi connectivity index (χ1) is 10.3. The molecule has 0 spiro atoms. The Bertz CT molecular complexity index is 688. The van der Waals surface area contributed by atoms with Crippen molar-refractivity contribution in [2.75, 3.05) is 19.5 Å². The highest BCUT2D eigenvalue weighted by Gasteiger charge is 2.26. The number of carbonyl (C=O) groups is 2. The molecule has 0 aliphatic carbocycles. The molecule has 0 bridgehead atoms. The molecule has 0 atom stereocenters. The first-order valence-electron chi connectivity index (χ1n) is 6.65. The van der Waals surface area contributed by atoms with Gasteiger partial charge in [-0.3, -0.25) is 4.79 Å². The van der Waals surface area contributed by atoms with Gasteiger partial charge in [-0.05, 0) is 26.0 Å². The predicted molar refractivity (Wildman–Crippen MR) is 80.2 cm³/mol. The molecule has 0 amide bonds. The maximum atomic E-state index is 12.5. The van der Waals surface area contributed by atoms with Crippen LogP contribution in [-0.2, 0) is 24.1 Å². The summed E-state index contributed by atoms with van der Waals surface area (Å²) < 4.78 is 33.4. The van der Waals surface area contributed by atoms with E-state index in [9.17, 15) is 18.0 Å². The normalized spacial score (nSPS) is 11.9. The number of hydrogen-bond donors (Lipinski definition) is 0. The molecule has 7 heteroatoms. The van der Waals surface area contributed by atoms with Crippen molar-refractivity contribution in [3.05, 3.63) is 41.7 Å².